The molecule has 178 valence electrons. The maximum Gasteiger partial charge on any atom is 0.490 e. The number of phosphoric ester groups is 1. The third kappa shape index (κ3) is 3.81. The van der Waals surface area contributed by atoms with Gasteiger partial charge in [-0.3, -0.25) is 4.52 Å². The number of aromatic nitrogens is 4. The minimum absolute atomic E-state index is 0.0146. The first kappa shape index (κ1) is 23.8. The number of alkyl halides is 1. The highest BCUT2D eigenvalue weighted by atomic mass is 31.3. The van der Waals surface area contributed by atoms with E-state index in [2.05, 4.69) is 28.2 Å². The molecule has 1 saturated heterocycles. The molecule has 0 aromatic carbocycles. The van der Waals surface area contributed by atoms with E-state index in [9.17, 15) is 28.6 Å². The lowest BCUT2D eigenvalue weighted by Gasteiger charge is -2.29. The molecule has 2 aromatic rings. The molecule has 1 aliphatic heterocycles. The van der Waals surface area contributed by atoms with Gasteiger partial charge in [-0.15, -0.1) is 0 Å². The summed E-state index contributed by atoms with van der Waals surface area (Å²) in [6, 6.07) is 0. The van der Waals surface area contributed by atoms with Gasteiger partial charge in [-0.2, -0.15) is 13.7 Å². The first-order valence-electron chi connectivity index (χ1n) is 8.31. The number of fused-ring (bicyclic) bond motifs is 2. The van der Waals surface area contributed by atoms with Gasteiger partial charge in [0.15, 0.2) is 22.7 Å². The van der Waals surface area contributed by atoms with Crippen molar-refractivity contribution in [3.8, 4) is 0 Å². The number of halogens is 1. The Morgan fingerprint density at radius 1 is 1.19 bits per heavy atom. The predicted molar refractivity (Wildman–Crippen MR) is 96.0 cm³/mol. The Hall–Kier alpha value is -1.39. The SMILES string of the molecule is CC1(F)C(c2cnc3c(N)ncnn23)OC2C(OP(=O)(O)OP(=O)(O)OP(=O)(O)O)C21O. The van der Waals surface area contributed by atoms with E-state index in [1.807, 2.05) is 0 Å². The van der Waals surface area contributed by atoms with E-state index in [1.54, 1.807) is 0 Å². The van der Waals surface area contributed by atoms with Crippen molar-refractivity contribution in [3.05, 3.63) is 18.2 Å². The van der Waals surface area contributed by atoms with Crippen molar-refractivity contribution in [2.45, 2.75) is 36.5 Å². The van der Waals surface area contributed by atoms with Gasteiger partial charge >= 0.3 is 23.5 Å². The third-order valence-corrected chi connectivity index (χ3v) is 8.70. The summed E-state index contributed by atoms with van der Waals surface area (Å²) in [4.78, 5) is 43.6. The summed E-state index contributed by atoms with van der Waals surface area (Å²) in [7, 11) is -17.0. The van der Waals surface area contributed by atoms with E-state index >= 15 is 4.39 Å². The fourth-order valence-corrected chi connectivity index (χ4v) is 6.70. The van der Waals surface area contributed by atoms with Crippen LogP contribution in [0.3, 0.4) is 0 Å². The number of aliphatic hydroxyl groups is 1. The van der Waals surface area contributed by atoms with Crippen LogP contribution in [-0.4, -0.2) is 67.7 Å². The topological polar surface area (TPSA) is 258 Å². The van der Waals surface area contributed by atoms with Gasteiger partial charge in [-0.05, 0) is 6.92 Å². The number of phosphoric acid groups is 3. The largest absolute Gasteiger partial charge is 0.490 e. The molecule has 1 saturated carbocycles. The van der Waals surface area contributed by atoms with Gasteiger partial charge in [-0.25, -0.2) is 32.6 Å². The minimum Gasteiger partial charge on any atom is -0.381 e. The molecule has 17 nitrogen and oxygen atoms in total. The molecule has 0 bridgehead atoms. The Morgan fingerprint density at radius 2 is 1.84 bits per heavy atom. The molecule has 32 heavy (non-hydrogen) atoms. The molecule has 7 unspecified atom stereocenters. The highest BCUT2D eigenvalue weighted by Gasteiger charge is 2.85. The first-order valence-corrected chi connectivity index (χ1v) is 12.8. The van der Waals surface area contributed by atoms with Crippen molar-refractivity contribution in [1.82, 2.24) is 19.6 Å². The molecule has 7 N–H and O–H groups in total. The Labute approximate surface area is 176 Å². The molecule has 0 amide bonds. The molecule has 0 radical (unpaired) electrons. The molecular weight excluding hydrogens is 506 g/mol. The standard InChI is InChI=1S/C11H15FN5O12P3/c1-10(12)5(4-2-14-9-8(13)15-3-16-17(4)9)26-6-7(11(6,10)18)27-31(22,23)29-32(24,25)28-30(19,20)21/h2-3,5-7,18H,1H3,(H,22,23)(H,24,25)(H2,13,15,16)(H2,19,20,21). The van der Waals surface area contributed by atoms with Crippen molar-refractivity contribution in [1.29, 1.82) is 0 Å². The van der Waals surface area contributed by atoms with Crippen LogP contribution in [-0.2, 0) is 31.6 Å². The van der Waals surface area contributed by atoms with Crippen LogP contribution in [0.4, 0.5) is 10.2 Å². The fourth-order valence-electron chi connectivity index (χ4n) is 3.49. The zero-order valence-electron chi connectivity index (χ0n) is 15.6. The summed E-state index contributed by atoms with van der Waals surface area (Å²) in [5.41, 5.74) is 0.573. The highest BCUT2D eigenvalue weighted by Crippen LogP contribution is 2.71. The van der Waals surface area contributed by atoms with Crippen molar-refractivity contribution in [2.75, 3.05) is 5.73 Å². The zero-order chi connectivity index (χ0) is 23.9. The normalized spacial score (nSPS) is 35.9. The van der Waals surface area contributed by atoms with Gasteiger partial charge in [0.25, 0.3) is 0 Å². The monoisotopic (exact) mass is 521 g/mol. The second-order valence-corrected chi connectivity index (χ2v) is 11.4. The van der Waals surface area contributed by atoms with Crippen LogP contribution in [0.2, 0.25) is 0 Å². The number of hydrogen-bond acceptors (Lipinski definition) is 12. The molecule has 2 aliphatic rings. The van der Waals surface area contributed by atoms with E-state index in [1.165, 1.54) is 6.20 Å². The number of nitrogens with two attached hydrogens (primary N) is 1. The van der Waals surface area contributed by atoms with Crippen LogP contribution >= 0.6 is 23.5 Å². The summed E-state index contributed by atoms with van der Waals surface area (Å²) in [6.45, 7) is 0.905. The lowest BCUT2D eigenvalue weighted by molar-refractivity contribution is -0.0867. The number of hydrogen-bond donors (Lipinski definition) is 6. The van der Waals surface area contributed by atoms with Gasteiger partial charge in [0.05, 0.1) is 11.9 Å². The van der Waals surface area contributed by atoms with Crippen molar-refractivity contribution in [2.24, 2.45) is 0 Å². The van der Waals surface area contributed by atoms with Gasteiger partial charge < -0.3 is 35.2 Å². The summed E-state index contributed by atoms with van der Waals surface area (Å²) in [6.07, 6.45) is -2.65. The number of anilines is 1. The van der Waals surface area contributed by atoms with Crippen LogP contribution in [0.25, 0.3) is 5.65 Å². The van der Waals surface area contributed by atoms with Crippen LogP contribution in [0.15, 0.2) is 12.5 Å². The molecule has 7 atom stereocenters. The number of nitrogens with zero attached hydrogens (tertiary/aromatic N) is 4. The maximum atomic E-state index is 15.7. The van der Waals surface area contributed by atoms with E-state index in [-0.39, 0.29) is 17.2 Å². The average Bonchev–Trinajstić information content (AvgIpc) is 2.89. The average molecular weight is 521 g/mol. The number of rotatable bonds is 7. The molecule has 1 aliphatic carbocycles. The fraction of sp³-hybridized carbons (Fsp3) is 0.545. The highest BCUT2D eigenvalue weighted by molar-refractivity contribution is 7.66. The molecular formula is C11H15FN5O12P3. The van der Waals surface area contributed by atoms with Crippen molar-refractivity contribution < 1.29 is 60.6 Å². The van der Waals surface area contributed by atoms with Gasteiger partial charge in [0.1, 0.15) is 24.6 Å². The zero-order valence-corrected chi connectivity index (χ0v) is 18.2. The Bertz CT molecular complexity index is 1230. The molecule has 3 heterocycles. The predicted octanol–water partition coefficient (Wildman–Crippen LogP) is -0.669. The Balaban J connectivity index is 1.53. The second-order valence-electron chi connectivity index (χ2n) is 7.02. The number of imidazole rings is 1. The first-order chi connectivity index (χ1) is 14.5. The van der Waals surface area contributed by atoms with Crippen LogP contribution < -0.4 is 5.73 Å². The van der Waals surface area contributed by atoms with Gasteiger partial charge in [0, 0.05) is 0 Å². The van der Waals surface area contributed by atoms with E-state index in [4.69, 9.17) is 20.3 Å². The van der Waals surface area contributed by atoms with Gasteiger partial charge in [0.2, 0.25) is 0 Å². The van der Waals surface area contributed by atoms with E-state index < -0.39 is 53.0 Å². The molecule has 2 fully saturated rings. The number of ether oxygens (including phenoxy) is 1. The lowest BCUT2D eigenvalue weighted by atomic mass is 9.91. The van der Waals surface area contributed by atoms with Crippen molar-refractivity contribution >= 4 is 34.9 Å². The molecule has 4 rings (SSSR count). The summed E-state index contributed by atoms with van der Waals surface area (Å²) >= 11 is 0. The van der Waals surface area contributed by atoms with E-state index in [0.717, 1.165) is 17.8 Å². The van der Waals surface area contributed by atoms with Crippen LogP contribution in [0.1, 0.15) is 18.7 Å². The Morgan fingerprint density at radius 3 is 2.41 bits per heavy atom. The van der Waals surface area contributed by atoms with Crippen LogP contribution in [0.5, 0.6) is 0 Å². The molecule has 2 aromatic heterocycles. The molecule has 21 heteroatoms. The smallest absolute Gasteiger partial charge is 0.381 e. The summed E-state index contributed by atoms with van der Waals surface area (Å²) in [5, 5.41) is 14.6. The lowest BCUT2D eigenvalue weighted by Crippen LogP contribution is -2.43. The summed E-state index contributed by atoms with van der Waals surface area (Å²) < 4.78 is 68.0. The third-order valence-electron chi connectivity index (χ3n) is 4.88. The Kier molecular flexibility index (Phi) is 5.24. The molecule has 0 spiro atoms. The minimum atomic E-state index is -5.79. The van der Waals surface area contributed by atoms with Crippen molar-refractivity contribution in [3.63, 3.8) is 0 Å². The second kappa shape index (κ2) is 7.06. The van der Waals surface area contributed by atoms with Gasteiger partial charge in [-0.1, -0.05) is 0 Å². The van der Waals surface area contributed by atoms with E-state index in [0.29, 0.717) is 0 Å². The number of nitrogen functional groups attached to an aromatic ring is 1. The van der Waals surface area contributed by atoms with Crippen LogP contribution in [0, 0.1) is 0 Å². The quantitative estimate of drug-likeness (QED) is 0.247. The summed E-state index contributed by atoms with van der Waals surface area (Å²) in [5.74, 6) is -0.0146. The maximum absolute atomic E-state index is 15.7.